The lowest BCUT2D eigenvalue weighted by atomic mass is 10.0. The number of methoxy groups -OCH3 is 1. The van der Waals surface area contributed by atoms with Crippen LogP contribution in [-0.4, -0.2) is 19.8 Å². The van der Waals surface area contributed by atoms with Crippen LogP contribution in [0, 0.1) is 5.92 Å². The van der Waals surface area contributed by atoms with Crippen molar-refractivity contribution in [1.29, 1.82) is 0 Å². The molecular weight excluding hydrogens is 226 g/mol. The SMILES string of the molecule is CCC(N)C(OCC(C)C)c1cccc(OC)c1. The summed E-state index contributed by atoms with van der Waals surface area (Å²) in [5.74, 6) is 1.34. The van der Waals surface area contributed by atoms with Crippen molar-refractivity contribution in [3.63, 3.8) is 0 Å². The average molecular weight is 251 g/mol. The highest BCUT2D eigenvalue weighted by molar-refractivity contribution is 5.30. The first kappa shape index (κ1) is 15.0. The quantitative estimate of drug-likeness (QED) is 0.809. The van der Waals surface area contributed by atoms with Crippen LogP contribution in [0.4, 0.5) is 0 Å². The molecule has 1 aromatic rings. The van der Waals surface area contributed by atoms with E-state index in [1.54, 1.807) is 7.11 Å². The molecule has 0 aliphatic rings. The topological polar surface area (TPSA) is 44.5 Å². The molecular formula is C15H25NO2. The van der Waals surface area contributed by atoms with Crippen molar-refractivity contribution in [2.75, 3.05) is 13.7 Å². The van der Waals surface area contributed by atoms with Crippen LogP contribution >= 0.6 is 0 Å². The molecule has 1 rings (SSSR count). The molecule has 102 valence electrons. The standard InChI is InChI=1S/C15H25NO2/c1-5-14(16)15(18-10-11(2)3)12-7-6-8-13(9-12)17-4/h6-9,11,14-15H,5,10,16H2,1-4H3. The van der Waals surface area contributed by atoms with Gasteiger partial charge in [0.15, 0.2) is 0 Å². The van der Waals surface area contributed by atoms with Gasteiger partial charge in [-0.25, -0.2) is 0 Å². The number of benzene rings is 1. The zero-order chi connectivity index (χ0) is 13.5. The van der Waals surface area contributed by atoms with Crippen LogP contribution in [0.25, 0.3) is 0 Å². The molecule has 0 spiro atoms. The third kappa shape index (κ3) is 4.31. The second-order valence-corrected chi connectivity index (χ2v) is 5.00. The molecule has 18 heavy (non-hydrogen) atoms. The summed E-state index contributed by atoms with van der Waals surface area (Å²) in [4.78, 5) is 0. The first-order valence-corrected chi connectivity index (χ1v) is 6.59. The molecule has 0 saturated heterocycles. The normalized spacial score (nSPS) is 14.6. The molecule has 0 saturated carbocycles. The Kier molecular flexibility index (Phi) is 6.16. The predicted molar refractivity (Wildman–Crippen MR) is 74.8 cm³/mol. The fourth-order valence-electron chi connectivity index (χ4n) is 1.80. The van der Waals surface area contributed by atoms with Crippen LogP contribution in [0.2, 0.25) is 0 Å². The minimum Gasteiger partial charge on any atom is -0.497 e. The Morgan fingerprint density at radius 2 is 2.00 bits per heavy atom. The van der Waals surface area contributed by atoms with Gasteiger partial charge in [0.2, 0.25) is 0 Å². The van der Waals surface area contributed by atoms with Gasteiger partial charge in [-0.2, -0.15) is 0 Å². The highest BCUT2D eigenvalue weighted by Crippen LogP contribution is 2.26. The van der Waals surface area contributed by atoms with Gasteiger partial charge < -0.3 is 15.2 Å². The molecule has 0 bridgehead atoms. The summed E-state index contributed by atoms with van der Waals surface area (Å²) in [7, 11) is 1.67. The van der Waals surface area contributed by atoms with E-state index in [2.05, 4.69) is 20.8 Å². The molecule has 0 aromatic heterocycles. The molecule has 2 N–H and O–H groups in total. The van der Waals surface area contributed by atoms with Gasteiger partial charge in [0.1, 0.15) is 5.75 Å². The minimum absolute atomic E-state index is 0.0101. The largest absolute Gasteiger partial charge is 0.497 e. The van der Waals surface area contributed by atoms with Gasteiger partial charge in [0.05, 0.1) is 13.2 Å². The summed E-state index contributed by atoms with van der Waals surface area (Å²) in [5, 5.41) is 0. The summed E-state index contributed by atoms with van der Waals surface area (Å²) in [5.41, 5.74) is 7.25. The molecule has 3 heteroatoms. The third-order valence-corrected chi connectivity index (χ3v) is 2.89. The van der Waals surface area contributed by atoms with Gasteiger partial charge >= 0.3 is 0 Å². The van der Waals surface area contributed by atoms with Gasteiger partial charge in [-0.1, -0.05) is 32.9 Å². The summed E-state index contributed by atoms with van der Waals surface area (Å²) in [6.45, 7) is 7.08. The predicted octanol–water partition coefficient (Wildman–Crippen LogP) is 3.15. The van der Waals surface area contributed by atoms with Crippen molar-refractivity contribution in [2.45, 2.75) is 39.3 Å². The molecule has 2 unspecified atom stereocenters. The van der Waals surface area contributed by atoms with Crippen molar-refractivity contribution in [3.05, 3.63) is 29.8 Å². The Labute approximate surface area is 110 Å². The second kappa shape index (κ2) is 7.39. The van der Waals surface area contributed by atoms with Gasteiger partial charge in [-0.15, -0.1) is 0 Å². The highest BCUT2D eigenvalue weighted by atomic mass is 16.5. The highest BCUT2D eigenvalue weighted by Gasteiger charge is 2.20. The van der Waals surface area contributed by atoms with E-state index in [-0.39, 0.29) is 12.1 Å². The Morgan fingerprint density at radius 1 is 1.28 bits per heavy atom. The maximum absolute atomic E-state index is 6.16. The van der Waals surface area contributed by atoms with Crippen LogP contribution in [0.3, 0.4) is 0 Å². The lowest BCUT2D eigenvalue weighted by molar-refractivity contribution is 0.0176. The number of nitrogens with two attached hydrogens (primary N) is 1. The van der Waals surface area contributed by atoms with Gasteiger partial charge in [0, 0.05) is 12.6 Å². The Hall–Kier alpha value is -1.06. The smallest absolute Gasteiger partial charge is 0.119 e. The first-order valence-electron chi connectivity index (χ1n) is 6.59. The lowest BCUT2D eigenvalue weighted by Gasteiger charge is -2.25. The van der Waals surface area contributed by atoms with Crippen molar-refractivity contribution < 1.29 is 9.47 Å². The van der Waals surface area contributed by atoms with Crippen LogP contribution in [0.15, 0.2) is 24.3 Å². The number of hydrogen-bond acceptors (Lipinski definition) is 3. The fraction of sp³-hybridized carbons (Fsp3) is 0.600. The van der Waals surface area contributed by atoms with Crippen LogP contribution in [0.5, 0.6) is 5.75 Å². The Balaban J connectivity index is 2.86. The van der Waals surface area contributed by atoms with E-state index in [1.807, 2.05) is 24.3 Å². The number of rotatable bonds is 7. The van der Waals surface area contributed by atoms with E-state index < -0.39 is 0 Å². The molecule has 0 amide bonds. The maximum atomic E-state index is 6.16. The lowest BCUT2D eigenvalue weighted by Crippen LogP contribution is -2.30. The number of ether oxygens (including phenoxy) is 2. The van der Waals surface area contributed by atoms with Crippen LogP contribution in [-0.2, 0) is 4.74 Å². The molecule has 0 fully saturated rings. The molecule has 3 nitrogen and oxygen atoms in total. The van der Waals surface area contributed by atoms with Crippen LogP contribution < -0.4 is 10.5 Å². The second-order valence-electron chi connectivity index (χ2n) is 5.00. The first-order chi connectivity index (χ1) is 8.58. The van der Waals surface area contributed by atoms with Gasteiger partial charge in [-0.05, 0) is 30.0 Å². The molecule has 1 aromatic carbocycles. The summed E-state index contributed by atoms with van der Waals surface area (Å²) >= 11 is 0. The minimum atomic E-state index is -0.0625. The van der Waals surface area contributed by atoms with Crippen molar-refractivity contribution in [2.24, 2.45) is 11.7 Å². The van der Waals surface area contributed by atoms with E-state index in [9.17, 15) is 0 Å². The van der Waals surface area contributed by atoms with Crippen molar-refractivity contribution in [1.82, 2.24) is 0 Å². The summed E-state index contributed by atoms with van der Waals surface area (Å²) < 4.78 is 11.2. The molecule has 0 heterocycles. The summed E-state index contributed by atoms with van der Waals surface area (Å²) in [6.07, 6.45) is 0.826. The van der Waals surface area contributed by atoms with Crippen molar-refractivity contribution >= 4 is 0 Å². The van der Waals surface area contributed by atoms with E-state index in [0.717, 1.165) is 24.3 Å². The van der Waals surface area contributed by atoms with E-state index >= 15 is 0 Å². The van der Waals surface area contributed by atoms with Crippen molar-refractivity contribution in [3.8, 4) is 5.75 Å². The zero-order valence-corrected chi connectivity index (χ0v) is 11.8. The monoisotopic (exact) mass is 251 g/mol. The molecule has 0 aliphatic heterocycles. The van der Waals surface area contributed by atoms with Gasteiger partial charge in [0.25, 0.3) is 0 Å². The van der Waals surface area contributed by atoms with Gasteiger partial charge in [-0.3, -0.25) is 0 Å². The molecule has 0 radical (unpaired) electrons. The Bertz CT molecular complexity index is 352. The average Bonchev–Trinajstić information content (AvgIpc) is 2.38. The van der Waals surface area contributed by atoms with E-state index in [4.69, 9.17) is 15.2 Å². The maximum Gasteiger partial charge on any atom is 0.119 e. The molecule has 2 atom stereocenters. The summed E-state index contributed by atoms with van der Waals surface area (Å²) in [6, 6.07) is 7.96. The van der Waals surface area contributed by atoms with E-state index in [1.165, 1.54) is 0 Å². The molecule has 0 aliphatic carbocycles. The third-order valence-electron chi connectivity index (χ3n) is 2.89. The fourth-order valence-corrected chi connectivity index (χ4v) is 1.80. The van der Waals surface area contributed by atoms with E-state index in [0.29, 0.717) is 5.92 Å². The number of hydrogen-bond donors (Lipinski definition) is 1. The Morgan fingerprint density at radius 3 is 2.56 bits per heavy atom. The van der Waals surface area contributed by atoms with Crippen LogP contribution in [0.1, 0.15) is 38.9 Å². The zero-order valence-electron chi connectivity index (χ0n) is 11.8.